The second-order valence-corrected chi connectivity index (χ2v) is 4.68. The average molecular weight is 257 g/mol. The highest BCUT2D eigenvalue weighted by atomic mass is 35.5. The van der Waals surface area contributed by atoms with Crippen molar-refractivity contribution in [2.75, 3.05) is 33.9 Å². The van der Waals surface area contributed by atoms with Gasteiger partial charge in [-0.2, -0.15) is 0 Å². The third-order valence-electron chi connectivity index (χ3n) is 2.78. The molecule has 0 fully saturated rings. The minimum absolute atomic E-state index is 0.0405. The van der Waals surface area contributed by atoms with Gasteiger partial charge >= 0.3 is 0 Å². The third kappa shape index (κ3) is 5.50. The zero-order valence-electron chi connectivity index (χ0n) is 10.5. The van der Waals surface area contributed by atoms with Crippen molar-refractivity contribution in [3.05, 3.63) is 34.9 Å². The molecule has 1 rings (SSSR count). The molecular weight excluding hydrogens is 236 g/mol. The van der Waals surface area contributed by atoms with Crippen LogP contribution in [0.15, 0.2) is 24.3 Å². The summed E-state index contributed by atoms with van der Waals surface area (Å²) in [5.41, 5.74) is 7.22. The Labute approximate surface area is 109 Å². The largest absolute Gasteiger partial charge is 0.383 e. The van der Waals surface area contributed by atoms with Gasteiger partial charge < -0.3 is 15.4 Å². The lowest BCUT2D eigenvalue weighted by Crippen LogP contribution is -2.26. The summed E-state index contributed by atoms with van der Waals surface area (Å²) >= 11 is 5.94. The molecule has 4 heteroatoms. The molecule has 0 saturated heterocycles. The Kier molecular flexibility index (Phi) is 6.52. The van der Waals surface area contributed by atoms with Gasteiger partial charge in [0.25, 0.3) is 0 Å². The topological polar surface area (TPSA) is 38.5 Å². The van der Waals surface area contributed by atoms with Gasteiger partial charge in [-0.25, -0.2) is 0 Å². The predicted octanol–water partition coefficient (Wildman–Crippen LogP) is 2.31. The molecule has 1 unspecified atom stereocenters. The lowest BCUT2D eigenvalue weighted by Gasteiger charge is -2.19. The highest BCUT2D eigenvalue weighted by Gasteiger charge is 2.07. The molecule has 1 aromatic carbocycles. The summed E-state index contributed by atoms with van der Waals surface area (Å²) in [6, 6.07) is 7.79. The molecule has 2 N–H and O–H groups in total. The predicted molar refractivity (Wildman–Crippen MR) is 72.4 cm³/mol. The molecule has 0 spiro atoms. The summed E-state index contributed by atoms with van der Waals surface area (Å²) < 4.78 is 5.03. The fourth-order valence-electron chi connectivity index (χ4n) is 1.62. The Hall–Kier alpha value is -0.610. The lowest BCUT2D eigenvalue weighted by molar-refractivity contribution is 0.159. The standard InChI is InChI=1S/C13H21ClN2O/c1-16(8-9-17-2)7-6-13(15)11-4-3-5-12(14)10-11/h3-5,10,13H,6-9,15H2,1-2H3. The minimum Gasteiger partial charge on any atom is -0.383 e. The van der Waals surface area contributed by atoms with E-state index in [0.29, 0.717) is 0 Å². The number of halogens is 1. The van der Waals surface area contributed by atoms with Crippen molar-refractivity contribution >= 4 is 11.6 Å². The van der Waals surface area contributed by atoms with Crippen LogP contribution >= 0.6 is 11.6 Å². The molecule has 1 atom stereocenters. The third-order valence-corrected chi connectivity index (χ3v) is 3.01. The van der Waals surface area contributed by atoms with Crippen LogP contribution in [0.5, 0.6) is 0 Å². The van der Waals surface area contributed by atoms with Crippen molar-refractivity contribution in [2.24, 2.45) is 5.73 Å². The number of nitrogens with two attached hydrogens (primary N) is 1. The number of likely N-dealkylation sites (N-methyl/N-ethyl adjacent to an activating group) is 1. The van der Waals surface area contributed by atoms with Crippen molar-refractivity contribution < 1.29 is 4.74 Å². The van der Waals surface area contributed by atoms with Gasteiger partial charge in [-0.15, -0.1) is 0 Å². The Morgan fingerprint density at radius 3 is 2.82 bits per heavy atom. The maximum Gasteiger partial charge on any atom is 0.0589 e. The monoisotopic (exact) mass is 256 g/mol. The van der Waals surface area contributed by atoms with E-state index in [-0.39, 0.29) is 6.04 Å². The van der Waals surface area contributed by atoms with E-state index < -0.39 is 0 Å². The SMILES string of the molecule is COCCN(C)CCC(N)c1cccc(Cl)c1. The van der Waals surface area contributed by atoms with Gasteiger partial charge in [0.2, 0.25) is 0 Å². The van der Waals surface area contributed by atoms with Crippen LogP contribution in [0.1, 0.15) is 18.0 Å². The molecule has 0 aliphatic rings. The molecule has 0 heterocycles. The molecule has 0 aromatic heterocycles. The first-order valence-electron chi connectivity index (χ1n) is 5.82. The van der Waals surface area contributed by atoms with E-state index in [4.69, 9.17) is 22.1 Å². The molecule has 1 aromatic rings. The first-order chi connectivity index (χ1) is 8.13. The summed E-state index contributed by atoms with van der Waals surface area (Å²) in [6.07, 6.45) is 0.917. The Morgan fingerprint density at radius 1 is 1.41 bits per heavy atom. The van der Waals surface area contributed by atoms with E-state index in [1.165, 1.54) is 0 Å². The van der Waals surface area contributed by atoms with Crippen LogP contribution in [-0.2, 0) is 4.74 Å². The molecule has 17 heavy (non-hydrogen) atoms. The first kappa shape index (κ1) is 14.5. The number of ether oxygens (including phenoxy) is 1. The molecule has 0 aliphatic carbocycles. The Balaban J connectivity index is 2.36. The lowest BCUT2D eigenvalue weighted by atomic mass is 10.0. The van der Waals surface area contributed by atoms with Crippen LogP contribution in [0.25, 0.3) is 0 Å². The number of hydrogen-bond acceptors (Lipinski definition) is 3. The molecule has 0 amide bonds. The van der Waals surface area contributed by atoms with E-state index in [1.807, 2.05) is 24.3 Å². The van der Waals surface area contributed by atoms with Crippen LogP contribution in [0.4, 0.5) is 0 Å². The highest BCUT2D eigenvalue weighted by Crippen LogP contribution is 2.18. The van der Waals surface area contributed by atoms with Gasteiger partial charge in [0, 0.05) is 24.7 Å². The second kappa shape index (κ2) is 7.67. The molecule has 0 saturated carbocycles. The normalized spacial score (nSPS) is 13.0. The number of methoxy groups -OCH3 is 1. The minimum atomic E-state index is 0.0405. The van der Waals surface area contributed by atoms with Crippen LogP contribution in [0.2, 0.25) is 5.02 Å². The van der Waals surface area contributed by atoms with Gasteiger partial charge in [0.1, 0.15) is 0 Å². The van der Waals surface area contributed by atoms with Gasteiger partial charge in [0.15, 0.2) is 0 Å². The van der Waals surface area contributed by atoms with E-state index in [2.05, 4.69) is 11.9 Å². The fraction of sp³-hybridized carbons (Fsp3) is 0.538. The maximum absolute atomic E-state index is 6.12. The smallest absolute Gasteiger partial charge is 0.0589 e. The van der Waals surface area contributed by atoms with Gasteiger partial charge in [-0.1, -0.05) is 23.7 Å². The number of rotatable bonds is 7. The molecule has 3 nitrogen and oxygen atoms in total. The van der Waals surface area contributed by atoms with Crippen LogP contribution in [0.3, 0.4) is 0 Å². The average Bonchev–Trinajstić information content (AvgIpc) is 2.33. The van der Waals surface area contributed by atoms with Crippen molar-refractivity contribution in [1.29, 1.82) is 0 Å². The second-order valence-electron chi connectivity index (χ2n) is 4.25. The number of benzene rings is 1. The number of hydrogen-bond donors (Lipinski definition) is 1. The molecular formula is C13H21ClN2O. The van der Waals surface area contributed by atoms with Crippen LogP contribution in [-0.4, -0.2) is 38.8 Å². The quantitative estimate of drug-likeness (QED) is 0.814. The van der Waals surface area contributed by atoms with Crippen molar-refractivity contribution in [3.63, 3.8) is 0 Å². The molecule has 0 bridgehead atoms. The molecule has 0 aliphatic heterocycles. The van der Waals surface area contributed by atoms with Gasteiger partial charge in [0.05, 0.1) is 6.61 Å². The summed E-state index contributed by atoms with van der Waals surface area (Å²) in [5.74, 6) is 0. The summed E-state index contributed by atoms with van der Waals surface area (Å²) in [4.78, 5) is 2.22. The van der Waals surface area contributed by atoms with Gasteiger partial charge in [-0.05, 0) is 37.7 Å². The highest BCUT2D eigenvalue weighted by molar-refractivity contribution is 6.30. The number of nitrogens with zero attached hydrogens (tertiary/aromatic N) is 1. The summed E-state index contributed by atoms with van der Waals surface area (Å²) in [6.45, 7) is 2.64. The zero-order chi connectivity index (χ0) is 12.7. The van der Waals surface area contributed by atoms with E-state index in [1.54, 1.807) is 7.11 Å². The summed E-state index contributed by atoms with van der Waals surface area (Å²) in [7, 11) is 3.79. The van der Waals surface area contributed by atoms with Crippen LogP contribution in [0, 0.1) is 0 Å². The van der Waals surface area contributed by atoms with Crippen LogP contribution < -0.4 is 5.73 Å². The van der Waals surface area contributed by atoms with Crippen molar-refractivity contribution in [3.8, 4) is 0 Å². The Bertz CT molecular complexity index is 333. The first-order valence-corrected chi connectivity index (χ1v) is 6.20. The molecule has 96 valence electrons. The summed E-state index contributed by atoms with van der Waals surface area (Å²) in [5, 5.41) is 0.741. The fourth-order valence-corrected chi connectivity index (χ4v) is 1.82. The van der Waals surface area contributed by atoms with Crippen molar-refractivity contribution in [1.82, 2.24) is 4.90 Å². The Morgan fingerprint density at radius 2 is 2.18 bits per heavy atom. The van der Waals surface area contributed by atoms with E-state index >= 15 is 0 Å². The maximum atomic E-state index is 6.12. The van der Waals surface area contributed by atoms with Crippen molar-refractivity contribution in [2.45, 2.75) is 12.5 Å². The zero-order valence-corrected chi connectivity index (χ0v) is 11.3. The van der Waals surface area contributed by atoms with Gasteiger partial charge in [-0.3, -0.25) is 0 Å². The molecule has 0 radical (unpaired) electrons. The van der Waals surface area contributed by atoms with E-state index in [0.717, 1.165) is 36.7 Å². The van der Waals surface area contributed by atoms with E-state index in [9.17, 15) is 0 Å².